The third-order valence-corrected chi connectivity index (χ3v) is 0. The Labute approximate surface area is 74.8 Å². The first-order valence-electron chi connectivity index (χ1n) is 0. The average molecular weight is 393 g/mol. The van der Waals surface area contributed by atoms with Crippen molar-refractivity contribution in [2.75, 3.05) is 0 Å². The van der Waals surface area contributed by atoms with E-state index in [2.05, 4.69) is 0 Å². The molecule has 0 aromatic heterocycles. The van der Waals surface area contributed by atoms with Crippen molar-refractivity contribution in [2.24, 2.45) is 0 Å². The van der Waals surface area contributed by atoms with E-state index in [-0.39, 0.29) is 75.7 Å². The Bertz CT molecular complexity index is 8.00. The Morgan fingerprint density at radius 2 is 1.00 bits per heavy atom. The summed E-state index contributed by atoms with van der Waals surface area (Å²) in [6.45, 7) is 0. The molecule has 1 radical (unpaired) electrons. The summed E-state index contributed by atoms with van der Waals surface area (Å²) in [6, 6.07) is 0. The summed E-state index contributed by atoms with van der Waals surface area (Å²) < 4.78 is 0. The van der Waals surface area contributed by atoms with Gasteiger partial charge in [0.05, 0.1) is 0 Å². The van der Waals surface area contributed by atoms with Gasteiger partial charge in [0.15, 0.2) is 0 Å². The molecule has 0 saturated heterocycles. The van der Waals surface area contributed by atoms with E-state index in [0.717, 1.165) is 0 Å². The van der Waals surface area contributed by atoms with E-state index in [9.17, 15) is 0 Å². The molecule has 0 aliphatic heterocycles. The van der Waals surface area contributed by atoms with Crippen LogP contribution < -0.4 is 0 Å². The standard InChI is InChI=1S/Mn.Mo.Ni.W. The van der Waals surface area contributed by atoms with Gasteiger partial charge >= 0.3 is 0 Å². The van der Waals surface area contributed by atoms with E-state index < -0.39 is 0 Å². The zero-order valence-corrected chi connectivity index (χ0v) is 8.62. The molecule has 0 aliphatic rings. The third kappa shape index (κ3) is 8.83. The maximum atomic E-state index is 0. The summed E-state index contributed by atoms with van der Waals surface area (Å²) in [6.07, 6.45) is 0. The molecule has 29 valence electrons. The van der Waals surface area contributed by atoms with Crippen LogP contribution in [0.3, 0.4) is 0 Å². The average Bonchev–Trinajstić information content (AvgIpc) is 0. The van der Waals surface area contributed by atoms with Crippen molar-refractivity contribution >= 4 is 0 Å². The summed E-state index contributed by atoms with van der Waals surface area (Å²) >= 11 is 0. The molecule has 0 bridgehead atoms. The van der Waals surface area contributed by atoms with Gasteiger partial charge in [-0.3, -0.25) is 0 Å². The second kappa shape index (κ2) is 18.2. The van der Waals surface area contributed by atoms with Gasteiger partial charge in [0.1, 0.15) is 0 Å². The summed E-state index contributed by atoms with van der Waals surface area (Å²) in [7, 11) is 0. The summed E-state index contributed by atoms with van der Waals surface area (Å²) in [5.41, 5.74) is 0. The molecule has 0 unspecified atom stereocenters. The van der Waals surface area contributed by atoms with Gasteiger partial charge in [-0.25, -0.2) is 0 Å². The van der Waals surface area contributed by atoms with Crippen LogP contribution in [0.5, 0.6) is 0 Å². The maximum Gasteiger partial charge on any atom is 0 e. The monoisotopic (exact) mass is 395 g/mol. The Morgan fingerprint density at radius 1 is 1.00 bits per heavy atom. The molecule has 0 aromatic carbocycles. The molecule has 0 atom stereocenters. The number of rotatable bonds is 0. The predicted molar refractivity (Wildman–Crippen MR) is 0 cm³/mol. The van der Waals surface area contributed by atoms with E-state index in [1.165, 1.54) is 0 Å². The van der Waals surface area contributed by atoms with Gasteiger partial charge in [-0.15, -0.1) is 0 Å². The molecule has 0 fully saturated rings. The minimum absolute atomic E-state index is 0. The number of hydrogen-bond acceptors (Lipinski definition) is 0. The Kier molecular flexibility index (Phi) is 148. The van der Waals surface area contributed by atoms with Gasteiger partial charge in [0.2, 0.25) is 0 Å². The smallest absolute Gasteiger partial charge is 0 e. The van der Waals surface area contributed by atoms with E-state index in [0.29, 0.717) is 0 Å². The van der Waals surface area contributed by atoms with Gasteiger partial charge < -0.3 is 0 Å². The Balaban J connectivity index is 0. The molecule has 0 nitrogen and oxygen atoms in total. The van der Waals surface area contributed by atoms with E-state index in [1.54, 1.807) is 0 Å². The topological polar surface area (TPSA) is 0 Å². The molecule has 0 rings (SSSR count). The van der Waals surface area contributed by atoms with E-state index in [1.807, 2.05) is 0 Å². The maximum absolute atomic E-state index is 0. The molecule has 4 heavy (non-hydrogen) atoms. The minimum Gasteiger partial charge on any atom is 0 e. The SMILES string of the molecule is [Mn].[Mo].[Ni].[W]. The molecule has 0 N–H and O–H groups in total. The van der Waals surface area contributed by atoms with Crippen LogP contribution in [-0.4, -0.2) is 0 Å². The summed E-state index contributed by atoms with van der Waals surface area (Å²) in [4.78, 5) is 0. The molecule has 0 aromatic rings. The first-order chi connectivity index (χ1) is 0. The first kappa shape index (κ1) is 32.5. The molecule has 0 saturated carbocycles. The van der Waals surface area contributed by atoms with Gasteiger partial charge in [0.25, 0.3) is 0 Å². The first-order valence-corrected chi connectivity index (χ1v) is 0. The Morgan fingerprint density at radius 3 is 1.00 bits per heavy atom. The van der Waals surface area contributed by atoms with Gasteiger partial charge in [-0.05, 0) is 0 Å². The van der Waals surface area contributed by atoms with Crippen molar-refractivity contribution in [1.82, 2.24) is 0 Å². The van der Waals surface area contributed by atoms with Gasteiger partial charge in [-0.1, -0.05) is 0 Å². The van der Waals surface area contributed by atoms with Crippen molar-refractivity contribution in [3.8, 4) is 0 Å². The Hall–Kier alpha value is 2.39. The molecule has 0 aliphatic carbocycles. The zero-order valence-electron chi connectivity index (χ0n) is 1.51. The van der Waals surface area contributed by atoms with Gasteiger partial charge in [0, 0.05) is 75.7 Å². The van der Waals surface area contributed by atoms with Crippen molar-refractivity contribution < 1.29 is 75.7 Å². The second-order valence-electron chi connectivity index (χ2n) is 0. The van der Waals surface area contributed by atoms with Gasteiger partial charge in [-0.2, -0.15) is 0 Å². The fraction of sp³-hybridized carbons (Fsp3) is 0. The predicted octanol–water partition coefficient (Wildman–Crippen LogP) is -0.0100. The number of hydrogen-bond donors (Lipinski definition) is 0. The second-order valence-corrected chi connectivity index (χ2v) is 0. The summed E-state index contributed by atoms with van der Waals surface area (Å²) in [5.74, 6) is 0. The fourth-order valence-corrected chi connectivity index (χ4v) is 0. The van der Waals surface area contributed by atoms with Crippen LogP contribution in [0.2, 0.25) is 0 Å². The van der Waals surface area contributed by atoms with Crippen LogP contribution in [-0.2, 0) is 75.7 Å². The third-order valence-electron chi connectivity index (χ3n) is 0. The van der Waals surface area contributed by atoms with Crippen LogP contribution in [0, 0.1) is 0 Å². The van der Waals surface area contributed by atoms with Crippen LogP contribution in [0.15, 0.2) is 0 Å². The fourth-order valence-electron chi connectivity index (χ4n) is 0. The molecule has 0 heterocycles. The van der Waals surface area contributed by atoms with Crippen LogP contribution >= 0.6 is 0 Å². The van der Waals surface area contributed by atoms with Crippen molar-refractivity contribution in [1.29, 1.82) is 0 Å². The summed E-state index contributed by atoms with van der Waals surface area (Å²) in [5, 5.41) is 0. The molecule has 0 spiro atoms. The molecule has 4 heteroatoms. The zero-order chi connectivity index (χ0) is 0. The molecule has 0 amide bonds. The molecular weight excluding hydrogens is 393 g/mol. The largest absolute Gasteiger partial charge is 0 e. The van der Waals surface area contributed by atoms with Crippen molar-refractivity contribution in [3.05, 3.63) is 0 Å². The van der Waals surface area contributed by atoms with E-state index in [4.69, 9.17) is 0 Å². The van der Waals surface area contributed by atoms with Crippen molar-refractivity contribution in [2.45, 2.75) is 0 Å². The molecular formula is MnMoNiW. The van der Waals surface area contributed by atoms with Crippen molar-refractivity contribution in [3.63, 3.8) is 0 Å². The quantitative estimate of drug-likeness (QED) is 0.508. The van der Waals surface area contributed by atoms with Crippen LogP contribution in [0.4, 0.5) is 0 Å². The normalized spacial score (nSPS) is 0. The van der Waals surface area contributed by atoms with Crippen LogP contribution in [0.25, 0.3) is 0 Å². The minimum atomic E-state index is 0. The van der Waals surface area contributed by atoms with E-state index >= 15 is 0 Å². The van der Waals surface area contributed by atoms with Crippen LogP contribution in [0.1, 0.15) is 0 Å².